The summed E-state index contributed by atoms with van der Waals surface area (Å²) in [6, 6.07) is 2.36. The summed E-state index contributed by atoms with van der Waals surface area (Å²) in [5, 5.41) is 4.20. The van der Waals surface area contributed by atoms with Crippen LogP contribution in [0.15, 0.2) is 18.5 Å². The molecule has 1 fully saturated rings. The highest BCUT2D eigenvalue weighted by molar-refractivity contribution is 6.33. The van der Waals surface area contributed by atoms with Crippen LogP contribution in [0.2, 0.25) is 5.02 Å². The van der Waals surface area contributed by atoms with Gasteiger partial charge in [0.2, 0.25) is 0 Å². The minimum atomic E-state index is 0.0371. The van der Waals surface area contributed by atoms with Gasteiger partial charge in [-0.25, -0.2) is 0 Å². The molecule has 0 saturated carbocycles. The van der Waals surface area contributed by atoms with Crippen LogP contribution in [0.25, 0.3) is 0 Å². The molecular formula is C14H21ClN2O. The molecule has 18 heavy (non-hydrogen) atoms. The highest BCUT2D eigenvalue weighted by Gasteiger charge is 2.34. The van der Waals surface area contributed by atoms with Gasteiger partial charge in [0.25, 0.3) is 0 Å². The van der Waals surface area contributed by atoms with Crippen LogP contribution >= 0.6 is 11.6 Å². The van der Waals surface area contributed by atoms with Crippen molar-refractivity contribution in [1.29, 1.82) is 0 Å². The Bertz CT molecular complexity index is 393. The van der Waals surface area contributed by atoms with Gasteiger partial charge in [0, 0.05) is 25.0 Å². The molecular weight excluding hydrogens is 248 g/mol. The van der Waals surface area contributed by atoms with Gasteiger partial charge in [0.1, 0.15) is 0 Å². The first-order chi connectivity index (χ1) is 8.69. The van der Waals surface area contributed by atoms with Crippen molar-refractivity contribution in [2.45, 2.75) is 51.2 Å². The number of hydrogen-bond acceptors (Lipinski definition) is 3. The average molecular weight is 269 g/mol. The monoisotopic (exact) mass is 268 g/mol. The second kappa shape index (κ2) is 5.89. The SMILES string of the molecule is CCC1(CC)CC(Nc2ccncc2Cl)CCO1. The van der Waals surface area contributed by atoms with E-state index in [1.165, 1.54) is 0 Å². The Balaban J connectivity index is 2.04. The molecule has 0 amide bonds. The van der Waals surface area contributed by atoms with Gasteiger partial charge in [-0.1, -0.05) is 25.4 Å². The van der Waals surface area contributed by atoms with E-state index in [4.69, 9.17) is 16.3 Å². The molecule has 0 spiro atoms. The fraction of sp³-hybridized carbons (Fsp3) is 0.643. The zero-order valence-electron chi connectivity index (χ0n) is 11.1. The summed E-state index contributed by atoms with van der Waals surface area (Å²) in [6.07, 6.45) is 7.63. The summed E-state index contributed by atoms with van der Waals surface area (Å²) < 4.78 is 5.98. The van der Waals surface area contributed by atoms with Crippen molar-refractivity contribution in [3.63, 3.8) is 0 Å². The van der Waals surface area contributed by atoms with E-state index in [-0.39, 0.29) is 5.60 Å². The molecule has 2 heterocycles. The number of nitrogens with zero attached hydrogens (tertiary/aromatic N) is 1. The van der Waals surface area contributed by atoms with Crippen molar-refractivity contribution in [1.82, 2.24) is 4.98 Å². The number of hydrogen-bond donors (Lipinski definition) is 1. The van der Waals surface area contributed by atoms with Gasteiger partial charge in [0.15, 0.2) is 0 Å². The van der Waals surface area contributed by atoms with Gasteiger partial charge < -0.3 is 10.1 Å². The first-order valence-corrected chi connectivity index (χ1v) is 7.07. The second-order valence-corrected chi connectivity index (χ2v) is 5.34. The van der Waals surface area contributed by atoms with Crippen molar-refractivity contribution in [2.75, 3.05) is 11.9 Å². The molecule has 1 N–H and O–H groups in total. The van der Waals surface area contributed by atoms with E-state index in [9.17, 15) is 0 Å². The minimum absolute atomic E-state index is 0.0371. The molecule has 3 nitrogen and oxygen atoms in total. The van der Waals surface area contributed by atoms with Crippen LogP contribution in [0.5, 0.6) is 0 Å². The van der Waals surface area contributed by atoms with Gasteiger partial charge in [-0.3, -0.25) is 4.98 Å². The Morgan fingerprint density at radius 1 is 1.50 bits per heavy atom. The number of rotatable bonds is 4. The van der Waals surface area contributed by atoms with E-state index < -0.39 is 0 Å². The molecule has 0 bridgehead atoms. The fourth-order valence-electron chi connectivity index (χ4n) is 2.61. The molecule has 0 radical (unpaired) electrons. The Morgan fingerprint density at radius 3 is 2.94 bits per heavy atom. The van der Waals surface area contributed by atoms with Crippen LogP contribution in [-0.4, -0.2) is 23.2 Å². The van der Waals surface area contributed by atoms with Gasteiger partial charge >= 0.3 is 0 Å². The third-order valence-electron chi connectivity index (χ3n) is 3.91. The highest BCUT2D eigenvalue weighted by Crippen LogP contribution is 2.33. The predicted molar refractivity (Wildman–Crippen MR) is 75.2 cm³/mol. The first kappa shape index (κ1) is 13.6. The maximum atomic E-state index is 6.13. The van der Waals surface area contributed by atoms with Crippen molar-refractivity contribution in [2.24, 2.45) is 0 Å². The lowest BCUT2D eigenvalue weighted by Crippen LogP contribution is -2.43. The van der Waals surface area contributed by atoms with Crippen LogP contribution in [-0.2, 0) is 4.74 Å². The molecule has 0 aliphatic carbocycles. The second-order valence-electron chi connectivity index (χ2n) is 4.93. The fourth-order valence-corrected chi connectivity index (χ4v) is 2.78. The summed E-state index contributed by atoms with van der Waals surface area (Å²) in [5.74, 6) is 0. The molecule has 4 heteroatoms. The number of nitrogens with one attached hydrogen (secondary N) is 1. The van der Waals surface area contributed by atoms with Crippen molar-refractivity contribution >= 4 is 17.3 Å². The Kier molecular flexibility index (Phi) is 4.46. The van der Waals surface area contributed by atoms with Crippen LogP contribution in [0, 0.1) is 0 Å². The number of aromatic nitrogens is 1. The first-order valence-electron chi connectivity index (χ1n) is 6.69. The quantitative estimate of drug-likeness (QED) is 0.900. The van der Waals surface area contributed by atoms with Gasteiger partial charge in [-0.15, -0.1) is 0 Å². The van der Waals surface area contributed by atoms with Gasteiger partial charge in [-0.05, 0) is 31.7 Å². The van der Waals surface area contributed by atoms with Crippen molar-refractivity contribution in [3.8, 4) is 0 Å². The van der Waals surface area contributed by atoms with E-state index >= 15 is 0 Å². The smallest absolute Gasteiger partial charge is 0.0820 e. The minimum Gasteiger partial charge on any atom is -0.381 e. The maximum absolute atomic E-state index is 6.13. The molecule has 2 rings (SSSR count). The zero-order valence-corrected chi connectivity index (χ0v) is 11.8. The standard InChI is InChI=1S/C14H21ClN2O/c1-3-14(4-2)9-11(6-8-18-14)17-13-5-7-16-10-12(13)15/h5,7,10-11H,3-4,6,8-9H2,1-2H3,(H,16,17). The molecule has 1 unspecified atom stereocenters. The molecule has 0 aromatic carbocycles. The number of anilines is 1. The summed E-state index contributed by atoms with van der Waals surface area (Å²) in [6.45, 7) is 5.22. The highest BCUT2D eigenvalue weighted by atomic mass is 35.5. The van der Waals surface area contributed by atoms with E-state index in [0.717, 1.165) is 38.0 Å². The summed E-state index contributed by atoms with van der Waals surface area (Å²) >= 11 is 6.13. The van der Waals surface area contributed by atoms with Gasteiger partial charge in [-0.2, -0.15) is 0 Å². The van der Waals surface area contributed by atoms with E-state index in [2.05, 4.69) is 24.1 Å². The third-order valence-corrected chi connectivity index (χ3v) is 4.21. The molecule has 1 aromatic rings. The molecule has 1 aliphatic rings. The van der Waals surface area contributed by atoms with Crippen molar-refractivity contribution < 1.29 is 4.74 Å². The summed E-state index contributed by atoms with van der Waals surface area (Å²) in [5.41, 5.74) is 1.01. The third kappa shape index (κ3) is 2.96. The Hall–Kier alpha value is -0.800. The zero-order chi connectivity index (χ0) is 13.0. The number of ether oxygens (including phenoxy) is 1. The number of halogens is 1. The Morgan fingerprint density at radius 2 is 2.28 bits per heavy atom. The lowest BCUT2D eigenvalue weighted by atomic mass is 9.86. The molecule has 1 aliphatic heterocycles. The topological polar surface area (TPSA) is 34.2 Å². The normalized spacial score (nSPS) is 22.7. The Labute approximate surface area is 114 Å². The average Bonchev–Trinajstić information content (AvgIpc) is 2.41. The van der Waals surface area contributed by atoms with E-state index in [1.807, 2.05) is 6.07 Å². The molecule has 100 valence electrons. The lowest BCUT2D eigenvalue weighted by molar-refractivity contribution is -0.0864. The van der Waals surface area contributed by atoms with E-state index in [0.29, 0.717) is 11.1 Å². The molecule has 1 aromatic heterocycles. The van der Waals surface area contributed by atoms with Crippen molar-refractivity contribution in [3.05, 3.63) is 23.5 Å². The van der Waals surface area contributed by atoms with Crippen LogP contribution in [0.4, 0.5) is 5.69 Å². The van der Waals surface area contributed by atoms with Crippen LogP contribution in [0.1, 0.15) is 39.5 Å². The molecule has 1 atom stereocenters. The number of pyridine rings is 1. The summed E-state index contributed by atoms with van der Waals surface area (Å²) in [7, 11) is 0. The van der Waals surface area contributed by atoms with Crippen LogP contribution < -0.4 is 5.32 Å². The van der Waals surface area contributed by atoms with Gasteiger partial charge in [0.05, 0.1) is 16.3 Å². The molecule has 1 saturated heterocycles. The van der Waals surface area contributed by atoms with E-state index in [1.54, 1.807) is 12.4 Å². The van der Waals surface area contributed by atoms with Crippen LogP contribution in [0.3, 0.4) is 0 Å². The lowest BCUT2D eigenvalue weighted by Gasteiger charge is -2.40. The summed E-state index contributed by atoms with van der Waals surface area (Å²) in [4.78, 5) is 4.00. The maximum Gasteiger partial charge on any atom is 0.0820 e. The largest absolute Gasteiger partial charge is 0.381 e. The predicted octanol–water partition coefficient (Wildman–Crippen LogP) is 3.88.